The maximum absolute atomic E-state index is 12.7. The van der Waals surface area contributed by atoms with Crippen LogP contribution in [0.25, 0.3) is 0 Å². The van der Waals surface area contributed by atoms with E-state index in [1.165, 1.54) is 5.57 Å². The lowest BCUT2D eigenvalue weighted by molar-refractivity contribution is -0.136. The van der Waals surface area contributed by atoms with E-state index in [0.717, 1.165) is 18.7 Å². The number of pyridine rings is 1. The van der Waals surface area contributed by atoms with E-state index in [2.05, 4.69) is 28.6 Å². The summed E-state index contributed by atoms with van der Waals surface area (Å²) in [5.41, 5.74) is 2.95. The number of aromatic nitrogens is 1. The number of amides is 2. The molecule has 6 nitrogen and oxygen atoms in total. The highest BCUT2D eigenvalue weighted by Crippen LogP contribution is 2.22. The Labute approximate surface area is 148 Å². The summed E-state index contributed by atoms with van der Waals surface area (Å²) in [6.45, 7) is 6.73. The van der Waals surface area contributed by atoms with E-state index in [9.17, 15) is 9.59 Å². The third kappa shape index (κ3) is 4.45. The topological polar surface area (TPSA) is 74.3 Å². The molecule has 1 saturated heterocycles. The first-order valence-electron chi connectivity index (χ1n) is 8.91. The van der Waals surface area contributed by atoms with Crippen LogP contribution in [0.15, 0.2) is 30.0 Å². The van der Waals surface area contributed by atoms with Gasteiger partial charge in [-0.3, -0.25) is 14.6 Å². The van der Waals surface area contributed by atoms with E-state index >= 15 is 0 Å². The zero-order chi connectivity index (χ0) is 17.8. The number of carbonyl (C=O) groups is 2. The Morgan fingerprint density at radius 2 is 2.04 bits per heavy atom. The van der Waals surface area contributed by atoms with E-state index < -0.39 is 0 Å². The zero-order valence-electron chi connectivity index (χ0n) is 14.9. The quantitative estimate of drug-likeness (QED) is 0.821. The van der Waals surface area contributed by atoms with Crippen LogP contribution in [0.4, 0.5) is 5.69 Å². The van der Waals surface area contributed by atoms with E-state index in [-0.39, 0.29) is 23.7 Å². The van der Waals surface area contributed by atoms with Crippen LogP contribution in [0.5, 0.6) is 0 Å². The molecule has 3 rings (SSSR count). The second-order valence-corrected chi connectivity index (χ2v) is 7.05. The number of anilines is 1. The van der Waals surface area contributed by atoms with Crippen LogP contribution in [-0.4, -0.2) is 47.9 Å². The third-order valence-electron chi connectivity index (χ3n) is 5.00. The minimum absolute atomic E-state index is 0.0509. The minimum Gasteiger partial charge on any atom is -0.338 e. The lowest BCUT2D eigenvalue weighted by atomic mass is 9.88. The Bertz CT molecular complexity index is 669. The summed E-state index contributed by atoms with van der Waals surface area (Å²) in [7, 11) is 0. The van der Waals surface area contributed by atoms with Gasteiger partial charge in [0.1, 0.15) is 0 Å². The fraction of sp³-hybridized carbons (Fsp3) is 0.526. The Kier molecular flexibility index (Phi) is 5.48. The summed E-state index contributed by atoms with van der Waals surface area (Å²) in [6, 6.07) is 3.72. The number of nitrogens with zero attached hydrogens (tertiary/aromatic N) is 2. The van der Waals surface area contributed by atoms with Crippen LogP contribution in [0, 0.1) is 18.8 Å². The van der Waals surface area contributed by atoms with Gasteiger partial charge >= 0.3 is 0 Å². The molecule has 3 heterocycles. The van der Waals surface area contributed by atoms with E-state index in [0.29, 0.717) is 31.7 Å². The van der Waals surface area contributed by atoms with Crippen LogP contribution in [0.1, 0.15) is 25.5 Å². The van der Waals surface area contributed by atoms with Gasteiger partial charge in [-0.2, -0.15) is 0 Å². The van der Waals surface area contributed by atoms with Crippen molar-refractivity contribution in [1.82, 2.24) is 15.2 Å². The highest BCUT2D eigenvalue weighted by molar-refractivity contribution is 5.93. The van der Waals surface area contributed by atoms with Crippen molar-refractivity contribution in [3.8, 4) is 0 Å². The summed E-state index contributed by atoms with van der Waals surface area (Å²) in [6.07, 6.45) is 5.31. The Morgan fingerprint density at radius 1 is 1.24 bits per heavy atom. The smallest absolute Gasteiger partial charge is 0.228 e. The maximum atomic E-state index is 12.7. The van der Waals surface area contributed by atoms with Gasteiger partial charge in [-0.25, -0.2) is 0 Å². The van der Waals surface area contributed by atoms with Crippen LogP contribution in [-0.2, 0) is 9.59 Å². The molecule has 2 aliphatic rings. The van der Waals surface area contributed by atoms with Crippen molar-refractivity contribution in [2.24, 2.45) is 11.8 Å². The average Bonchev–Trinajstić information content (AvgIpc) is 2.64. The molecule has 2 atom stereocenters. The molecule has 1 fully saturated rings. The number of hydrogen-bond acceptors (Lipinski definition) is 4. The first kappa shape index (κ1) is 17.6. The molecule has 0 spiro atoms. The van der Waals surface area contributed by atoms with Crippen molar-refractivity contribution in [3.05, 3.63) is 35.7 Å². The van der Waals surface area contributed by atoms with Crippen molar-refractivity contribution < 1.29 is 9.59 Å². The van der Waals surface area contributed by atoms with Crippen LogP contribution in [0.2, 0.25) is 0 Å². The van der Waals surface area contributed by atoms with Gasteiger partial charge in [0, 0.05) is 31.9 Å². The van der Waals surface area contributed by atoms with E-state index in [1.807, 2.05) is 24.0 Å². The zero-order valence-corrected chi connectivity index (χ0v) is 14.9. The molecule has 2 aliphatic heterocycles. The van der Waals surface area contributed by atoms with Crippen molar-refractivity contribution >= 4 is 17.5 Å². The summed E-state index contributed by atoms with van der Waals surface area (Å²) >= 11 is 0. The molecule has 0 radical (unpaired) electrons. The van der Waals surface area contributed by atoms with Gasteiger partial charge in [0.25, 0.3) is 0 Å². The molecule has 1 aromatic rings. The Balaban J connectivity index is 1.57. The molecule has 0 saturated carbocycles. The first-order chi connectivity index (χ1) is 12.0. The van der Waals surface area contributed by atoms with E-state index in [1.54, 1.807) is 6.20 Å². The van der Waals surface area contributed by atoms with E-state index in [4.69, 9.17) is 0 Å². The number of hydrogen-bond donors (Lipinski definition) is 2. The molecule has 134 valence electrons. The van der Waals surface area contributed by atoms with Crippen molar-refractivity contribution in [1.29, 1.82) is 0 Å². The normalized spacial score (nSPS) is 23.8. The Morgan fingerprint density at radius 3 is 2.72 bits per heavy atom. The molecule has 0 unspecified atom stereocenters. The van der Waals surface area contributed by atoms with Crippen LogP contribution >= 0.6 is 0 Å². The van der Waals surface area contributed by atoms with Crippen LogP contribution < -0.4 is 10.6 Å². The summed E-state index contributed by atoms with van der Waals surface area (Å²) in [4.78, 5) is 31.4. The molecule has 6 heteroatoms. The average molecular weight is 342 g/mol. The van der Waals surface area contributed by atoms with Gasteiger partial charge in [-0.1, -0.05) is 11.6 Å². The molecule has 2 N–H and O–H groups in total. The molecule has 1 aromatic heterocycles. The standard InChI is InChI=1S/C19H26N4O2/c1-13-5-7-23(8-6-13)19(25)16-9-15(10-20-11-16)18(24)22-17-4-3-14(2)21-12-17/h3-5,12,15-16,20H,6-11H2,1-2H3,(H,22,24)/t15-,16+/m0/s1. The third-order valence-corrected chi connectivity index (χ3v) is 5.00. The van der Waals surface area contributed by atoms with Gasteiger partial charge in [0.2, 0.25) is 11.8 Å². The number of rotatable bonds is 3. The fourth-order valence-corrected chi connectivity index (χ4v) is 3.34. The highest BCUT2D eigenvalue weighted by Gasteiger charge is 2.33. The predicted molar refractivity (Wildman–Crippen MR) is 97.0 cm³/mol. The molecule has 2 amide bonds. The number of nitrogens with one attached hydrogen (secondary N) is 2. The number of piperidine rings is 1. The SMILES string of the molecule is CC1=CCN(C(=O)[C@H]2CNC[C@@H](C(=O)Nc3ccc(C)nc3)C2)CC1. The molecular formula is C19H26N4O2. The maximum Gasteiger partial charge on any atom is 0.228 e. The van der Waals surface area contributed by atoms with Gasteiger partial charge in [0.15, 0.2) is 0 Å². The summed E-state index contributed by atoms with van der Waals surface area (Å²) < 4.78 is 0. The lowest BCUT2D eigenvalue weighted by Gasteiger charge is -2.33. The second-order valence-electron chi connectivity index (χ2n) is 7.05. The molecule has 0 bridgehead atoms. The number of aryl methyl sites for hydroxylation is 1. The Hall–Kier alpha value is -2.21. The molecular weight excluding hydrogens is 316 g/mol. The van der Waals surface area contributed by atoms with Crippen molar-refractivity contribution in [2.45, 2.75) is 26.7 Å². The highest BCUT2D eigenvalue weighted by atomic mass is 16.2. The fourth-order valence-electron chi connectivity index (χ4n) is 3.34. The van der Waals surface area contributed by atoms with Crippen molar-refractivity contribution in [3.63, 3.8) is 0 Å². The molecule has 0 aromatic carbocycles. The summed E-state index contributed by atoms with van der Waals surface area (Å²) in [5, 5.41) is 6.16. The van der Waals surface area contributed by atoms with Gasteiger partial charge in [0.05, 0.1) is 23.7 Å². The monoisotopic (exact) mass is 342 g/mol. The first-order valence-corrected chi connectivity index (χ1v) is 8.91. The molecule has 25 heavy (non-hydrogen) atoms. The van der Waals surface area contributed by atoms with Gasteiger partial charge in [-0.15, -0.1) is 0 Å². The van der Waals surface area contributed by atoms with Crippen molar-refractivity contribution in [2.75, 3.05) is 31.5 Å². The second kappa shape index (κ2) is 7.78. The van der Waals surface area contributed by atoms with Crippen LogP contribution in [0.3, 0.4) is 0 Å². The predicted octanol–water partition coefficient (Wildman–Crippen LogP) is 1.73. The minimum atomic E-state index is -0.203. The summed E-state index contributed by atoms with van der Waals surface area (Å²) in [5.74, 6) is -0.227. The largest absolute Gasteiger partial charge is 0.338 e. The van der Waals surface area contributed by atoms with Gasteiger partial charge in [-0.05, 0) is 38.8 Å². The lowest BCUT2D eigenvalue weighted by Crippen LogP contribution is -2.49. The molecule has 0 aliphatic carbocycles. The van der Waals surface area contributed by atoms with Gasteiger partial charge < -0.3 is 15.5 Å². The number of carbonyl (C=O) groups excluding carboxylic acids is 2.